The lowest BCUT2D eigenvalue weighted by Crippen LogP contribution is -2.47. The number of nitrogens with two attached hydrogens (primary N) is 1. The summed E-state index contributed by atoms with van der Waals surface area (Å²) in [4.78, 5) is 19.1. The molecule has 0 aliphatic carbocycles. The summed E-state index contributed by atoms with van der Waals surface area (Å²) in [5.74, 6) is 0.768. The molecule has 1 aromatic carbocycles. The van der Waals surface area contributed by atoms with Gasteiger partial charge in [0.05, 0.1) is 22.0 Å². The summed E-state index contributed by atoms with van der Waals surface area (Å²) in [6.45, 7) is 5.38. The zero-order chi connectivity index (χ0) is 21.5. The van der Waals surface area contributed by atoms with Crippen LogP contribution in [0, 0.1) is 0 Å². The van der Waals surface area contributed by atoms with Gasteiger partial charge in [-0.05, 0) is 62.0 Å². The zero-order valence-electron chi connectivity index (χ0n) is 16.4. The fourth-order valence-corrected chi connectivity index (χ4v) is 4.82. The van der Waals surface area contributed by atoms with E-state index in [9.17, 15) is 13.2 Å². The number of hydrogen-bond acceptors (Lipinski definition) is 7. The lowest BCUT2D eigenvalue weighted by atomic mass is 10.2. The van der Waals surface area contributed by atoms with E-state index in [0.717, 1.165) is 0 Å². The maximum atomic E-state index is 12.4. The first-order chi connectivity index (χ1) is 14.2. The van der Waals surface area contributed by atoms with Crippen LogP contribution in [0.4, 0.5) is 0 Å². The van der Waals surface area contributed by atoms with Crippen LogP contribution >= 0.6 is 11.8 Å². The van der Waals surface area contributed by atoms with Gasteiger partial charge in [-0.3, -0.25) is 4.79 Å². The van der Waals surface area contributed by atoms with E-state index in [0.29, 0.717) is 40.2 Å². The normalized spacial score (nSPS) is 23.8. The number of furan rings is 1. The molecule has 2 aromatic rings. The van der Waals surface area contributed by atoms with E-state index in [1.807, 2.05) is 13.8 Å². The molecule has 0 bridgehead atoms. The van der Waals surface area contributed by atoms with Crippen molar-refractivity contribution in [2.45, 2.75) is 31.0 Å². The molecule has 1 fully saturated rings. The Labute approximate surface area is 178 Å². The van der Waals surface area contributed by atoms with E-state index in [2.05, 4.69) is 9.89 Å². The van der Waals surface area contributed by atoms with Crippen LogP contribution in [0.5, 0.6) is 0 Å². The number of amides is 1. The van der Waals surface area contributed by atoms with Crippen LogP contribution in [0.3, 0.4) is 0 Å². The van der Waals surface area contributed by atoms with Crippen molar-refractivity contribution in [2.75, 3.05) is 13.1 Å². The van der Waals surface area contributed by atoms with Crippen molar-refractivity contribution < 1.29 is 22.4 Å². The minimum atomic E-state index is -3.74. The Morgan fingerprint density at radius 3 is 2.43 bits per heavy atom. The second-order valence-corrected chi connectivity index (χ2v) is 9.81. The molecule has 30 heavy (non-hydrogen) atoms. The molecule has 2 N–H and O–H groups in total. The summed E-state index contributed by atoms with van der Waals surface area (Å²) in [6, 6.07) is 9.59. The lowest BCUT2D eigenvalue weighted by Gasteiger charge is -2.35. The number of morpholine rings is 1. The molecule has 2 aliphatic heterocycles. The minimum Gasteiger partial charge on any atom is -0.457 e. The van der Waals surface area contributed by atoms with Crippen LogP contribution in [0.1, 0.15) is 19.6 Å². The van der Waals surface area contributed by atoms with E-state index in [1.165, 1.54) is 23.9 Å². The number of benzene rings is 1. The van der Waals surface area contributed by atoms with Gasteiger partial charge >= 0.3 is 0 Å². The van der Waals surface area contributed by atoms with E-state index >= 15 is 0 Å². The summed E-state index contributed by atoms with van der Waals surface area (Å²) < 4.78 is 34.3. The second-order valence-electron chi connectivity index (χ2n) is 7.24. The molecule has 3 heterocycles. The van der Waals surface area contributed by atoms with Crippen LogP contribution in [0.25, 0.3) is 17.4 Å². The van der Waals surface area contributed by atoms with Crippen molar-refractivity contribution in [3.63, 3.8) is 0 Å². The van der Waals surface area contributed by atoms with Crippen LogP contribution in [-0.4, -0.2) is 49.7 Å². The number of ether oxygens (including phenoxy) is 1. The van der Waals surface area contributed by atoms with Crippen LogP contribution in [-0.2, 0) is 19.6 Å². The van der Waals surface area contributed by atoms with Crippen LogP contribution < -0.4 is 5.14 Å². The van der Waals surface area contributed by atoms with E-state index < -0.39 is 10.0 Å². The Morgan fingerprint density at radius 2 is 1.80 bits per heavy atom. The van der Waals surface area contributed by atoms with Gasteiger partial charge in [0.25, 0.3) is 5.91 Å². The number of thioether (sulfide) groups is 1. The molecule has 2 unspecified atom stereocenters. The van der Waals surface area contributed by atoms with Gasteiger partial charge in [-0.2, -0.15) is 4.99 Å². The van der Waals surface area contributed by atoms with Gasteiger partial charge in [0, 0.05) is 24.7 Å². The van der Waals surface area contributed by atoms with Crippen molar-refractivity contribution in [3.8, 4) is 11.3 Å². The molecule has 2 atom stereocenters. The number of nitrogens with zero attached hydrogens (tertiary/aromatic N) is 2. The zero-order valence-corrected chi connectivity index (χ0v) is 18.1. The molecule has 1 saturated heterocycles. The molecule has 0 radical (unpaired) electrons. The number of carbonyl (C=O) groups excluding carboxylic acids is 1. The fourth-order valence-electron chi connectivity index (χ4n) is 3.39. The maximum Gasteiger partial charge on any atom is 0.286 e. The smallest absolute Gasteiger partial charge is 0.286 e. The molecule has 4 rings (SSSR count). The number of rotatable bonds is 3. The molecule has 158 valence electrons. The molecular weight excluding hydrogens is 426 g/mol. The van der Waals surface area contributed by atoms with Gasteiger partial charge in [0.2, 0.25) is 10.0 Å². The molecule has 0 saturated carbocycles. The summed E-state index contributed by atoms with van der Waals surface area (Å²) in [5.41, 5.74) is 0.700. The number of sulfonamides is 1. The van der Waals surface area contributed by atoms with Gasteiger partial charge in [-0.1, -0.05) is 0 Å². The average molecular weight is 448 g/mol. The predicted octanol–water partition coefficient (Wildman–Crippen LogP) is 2.67. The van der Waals surface area contributed by atoms with Crippen molar-refractivity contribution in [3.05, 3.63) is 47.1 Å². The monoisotopic (exact) mass is 447 g/mol. The summed E-state index contributed by atoms with van der Waals surface area (Å²) >= 11 is 1.33. The highest BCUT2D eigenvalue weighted by atomic mass is 32.2. The number of amidine groups is 1. The molecule has 2 aliphatic rings. The summed E-state index contributed by atoms with van der Waals surface area (Å²) in [7, 11) is -3.74. The van der Waals surface area contributed by atoms with E-state index in [-0.39, 0.29) is 23.0 Å². The molecule has 1 amide bonds. The average Bonchev–Trinajstić information content (AvgIpc) is 3.28. The topological polar surface area (TPSA) is 115 Å². The van der Waals surface area contributed by atoms with Crippen LogP contribution in [0.15, 0.2) is 55.6 Å². The Bertz CT molecular complexity index is 1130. The maximum absolute atomic E-state index is 12.4. The second kappa shape index (κ2) is 8.03. The van der Waals surface area contributed by atoms with Gasteiger partial charge in [0.1, 0.15) is 11.5 Å². The molecule has 8 nitrogen and oxygen atoms in total. The van der Waals surface area contributed by atoms with Gasteiger partial charge < -0.3 is 14.1 Å². The van der Waals surface area contributed by atoms with Gasteiger partial charge in [-0.25, -0.2) is 13.6 Å². The molecule has 0 spiro atoms. The van der Waals surface area contributed by atoms with Crippen molar-refractivity contribution >= 4 is 38.9 Å². The third kappa shape index (κ3) is 4.51. The first-order valence-corrected chi connectivity index (χ1v) is 11.7. The molecular formula is C20H21N3O5S2. The highest BCUT2D eigenvalue weighted by Gasteiger charge is 2.31. The first-order valence-electron chi connectivity index (χ1n) is 9.35. The third-order valence-electron chi connectivity index (χ3n) is 4.67. The van der Waals surface area contributed by atoms with Crippen LogP contribution in [0.2, 0.25) is 0 Å². The quantitative estimate of drug-likeness (QED) is 0.719. The van der Waals surface area contributed by atoms with E-state index in [4.69, 9.17) is 14.3 Å². The van der Waals surface area contributed by atoms with Gasteiger partial charge in [-0.15, -0.1) is 0 Å². The number of hydrogen-bond donors (Lipinski definition) is 1. The standard InChI is InChI=1S/C20H21N3O5S2/c1-12-10-23(11-13(2)27-12)20-22-19(24)18(29-20)9-15-5-8-17(28-15)14-3-6-16(7-4-14)30(21,25)26/h3-9,12-13H,10-11H2,1-2H3,(H2,21,25,26). The summed E-state index contributed by atoms with van der Waals surface area (Å²) in [6.07, 6.45) is 1.82. The largest absolute Gasteiger partial charge is 0.457 e. The summed E-state index contributed by atoms with van der Waals surface area (Å²) in [5, 5.41) is 5.80. The lowest BCUT2D eigenvalue weighted by molar-refractivity contribution is -0.113. The van der Waals surface area contributed by atoms with Crippen molar-refractivity contribution in [1.82, 2.24) is 4.90 Å². The number of carbonyl (C=O) groups is 1. The fraction of sp³-hybridized carbons (Fsp3) is 0.300. The first kappa shape index (κ1) is 20.9. The highest BCUT2D eigenvalue weighted by molar-refractivity contribution is 8.18. The SMILES string of the molecule is CC1CN(C2=NC(=O)C(=Cc3ccc(-c4ccc(S(N)(=O)=O)cc4)o3)S2)CC(C)O1. The van der Waals surface area contributed by atoms with E-state index in [1.54, 1.807) is 30.3 Å². The number of aliphatic imine (C=N–C) groups is 1. The molecule has 10 heteroatoms. The Morgan fingerprint density at radius 1 is 1.13 bits per heavy atom. The Balaban J connectivity index is 1.49. The highest BCUT2D eigenvalue weighted by Crippen LogP contribution is 2.33. The molecule has 1 aromatic heterocycles. The Kier molecular flexibility index (Phi) is 5.58. The Hall–Kier alpha value is -2.40. The van der Waals surface area contributed by atoms with Gasteiger partial charge in [0.15, 0.2) is 5.17 Å². The minimum absolute atomic E-state index is 0.0320. The third-order valence-corrected chi connectivity index (χ3v) is 6.64. The van der Waals surface area contributed by atoms with Crippen molar-refractivity contribution in [1.29, 1.82) is 0 Å². The van der Waals surface area contributed by atoms with Crippen molar-refractivity contribution in [2.24, 2.45) is 10.1 Å². The number of primary sulfonamides is 1. The predicted molar refractivity (Wildman–Crippen MR) is 115 cm³/mol.